The highest BCUT2D eigenvalue weighted by atomic mass is 32.2. The lowest BCUT2D eigenvalue weighted by Gasteiger charge is -2.29. The van der Waals surface area contributed by atoms with E-state index in [1.54, 1.807) is 13.8 Å². The number of nitrogens with one attached hydrogen (secondary N) is 7. The van der Waals surface area contributed by atoms with Crippen molar-refractivity contribution in [2.24, 2.45) is 40.5 Å². The Bertz CT molecular complexity index is 1670. The Balaban J connectivity index is 6.50. The highest BCUT2D eigenvalue weighted by Crippen LogP contribution is 2.11. The van der Waals surface area contributed by atoms with Gasteiger partial charge < -0.3 is 76.1 Å². The van der Waals surface area contributed by atoms with Crippen molar-refractivity contribution >= 4 is 76.9 Å². The van der Waals surface area contributed by atoms with E-state index >= 15 is 0 Å². The molecule has 376 valence electrons. The Morgan fingerprint density at radius 1 is 0.485 bits per heavy atom. The highest BCUT2D eigenvalue weighted by Gasteiger charge is 2.36. The van der Waals surface area contributed by atoms with Gasteiger partial charge in [0.25, 0.3) is 0 Å². The van der Waals surface area contributed by atoms with Crippen molar-refractivity contribution in [2.75, 3.05) is 25.1 Å². The maximum atomic E-state index is 13.8. The van der Waals surface area contributed by atoms with Gasteiger partial charge in [0.05, 0.1) is 18.9 Å². The summed E-state index contributed by atoms with van der Waals surface area (Å²) in [5.41, 5.74) is 27.7. The molecule has 0 aromatic heterocycles. The van der Waals surface area contributed by atoms with Gasteiger partial charge in [0.1, 0.15) is 42.3 Å². The number of hydrogen-bond donors (Lipinski definition) is 14. The standard InChI is InChI=1S/C40H72N12O13S/c1-20(2)31(51-33(57)22(43)14-17-66-5)39(63)50-26(18-29(45)54)36(60)46-23(10-6-8-15-41)35(59)49-27(19-30(55)56)37(61)52-32(21(3)4)38(62)47-24(11-7-9-16-42)34(58)48-25(40(64)65)12-13-28(44)53/h20-27,31-32H,6-19,41-43H2,1-5H3,(H2,44,53)(H2,45,54)(H,46,60)(H,47,62)(H,48,58)(H,49,59)(H,50,63)(H,51,57)(H,52,61)(H,55,56)(H,64,65). The second-order valence-electron chi connectivity index (χ2n) is 16.3. The second-order valence-corrected chi connectivity index (χ2v) is 17.3. The first-order valence-electron chi connectivity index (χ1n) is 21.7. The van der Waals surface area contributed by atoms with E-state index in [1.807, 2.05) is 6.26 Å². The van der Waals surface area contributed by atoms with Crippen molar-refractivity contribution < 1.29 is 63.0 Å². The molecule has 0 aromatic carbocycles. The molecule has 0 saturated heterocycles. The van der Waals surface area contributed by atoms with Crippen LogP contribution in [0.5, 0.6) is 0 Å². The van der Waals surface area contributed by atoms with Gasteiger partial charge in [-0.1, -0.05) is 27.7 Å². The second kappa shape index (κ2) is 32.1. The molecule has 66 heavy (non-hydrogen) atoms. The quantitative estimate of drug-likeness (QED) is 0.0267. The number of hydrogen-bond acceptors (Lipinski definition) is 15. The molecule has 9 amide bonds. The van der Waals surface area contributed by atoms with Gasteiger partial charge >= 0.3 is 11.9 Å². The summed E-state index contributed by atoms with van der Waals surface area (Å²) in [6, 6.07) is -11.5. The summed E-state index contributed by atoms with van der Waals surface area (Å²) in [6.07, 6.45) is 0.877. The van der Waals surface area contributed by atoms with Gasteiger partial charge in [0.2, 0.25) is 53.2 Å². The molecule has 0 aliphatic rings. The molecule has 0 heterocycles. The summed E-state index contributed by atoms with van der Waals surface area (Å²) in [4.78, 5) is 142. The molecule has 25 nitrogen and oxygen atoms in total. The Morgan fingerprint density at radius 2 is 0.879 bits per heavy atom. The van der Waals surface area contributed by atoms with E-state index in [0.717, 1.165) is 0 Å². The van der Waals surface area contributed by atoms with Crippen LogP contribution in [0, 0.1) is 11.8 Å². The van der Waals surface area contributed by atoms with Crippen molar-refractivity contribution in [3.05, 3.63) is 0 Å². The van der Waals surface area contributed by atoms with Crippen LogP contribution in [0.2, 0.25) is 0 Å². The van der Waals surface area contributed by atoms with Crippen LogP contribution < -0.4 is 65.9 Å². The van der Waals surface area contributed by atoms with Gasteiger partial charge in [0, 0.05) is 6.42 Å². The van der Waals surface area contributed by atoms with E-state index in [4.69, 9.17) is 28.7 Å². The maximum Gasteiger partial charge on any atom is 0.326 e. The monoisotopic (exact) mass is 961 g/mol. The number of carboxylic acids is 2. The van der Waals surface area contributed by atoms with Crippen LogP contribution in [0.25, 0.3) is 0 Å². The summed E-state index contributed by atoms with van der Waals surface area (Å²) < 4.78 is 0. The number of thioether (sulfide) groups is 1. The summed E-state index contributed by atoms with van der Waals surface area (Å²) in [5, 5.41) is 36.2. The molecule has 8 unspecified atom stereocenters. The minimum absolute atomic E-state index is 0.0172. The number of carbonyl (C=O) groups excluding carboxylic acids is 9. The third kappa shape index (κ3) is 24.1. The first-order chi connectivity index (χ1) is 30.9. The Hall–Kier alpha value is -5.60. The zero-order valence-electron chi connectivity index (χ0n) is 38.4. The Labute approximate surface area is 388 Å². The molecule has 0 radical (unpaired) electrons. The largest absolute Gasteiger partial charge is 0.481 e. The Morgan fingerprint density at radius 3 is 1.29 bits per heavy atom. The predicted molar refractivity (Wildman–Crippen MR) is 242 cm³/mol. The number of aliphatic carboxylic acids is 2. The Kier molecular flexibility index (Phi) is 29.4. The fourth-order valence-corrected chi connectivity index (χ4v) is 6.65. The van der Waals surface area contributed by atoms with E-state index in [9.17, 15) is 63.0 Å². The van der Waals surface area contributed by atoms with Crippen molar-refractivity contribution in [3.63, 3.8) is 0 Å². The maximum absolute atomic E-state index is 13.8. The average molecular weight is 961 g/mol. The van der Waals surface area contributed by atoms with Gasteiger partial charge in [-0.25, -0.2) is 4.79 Å². The first-order valence-corrected chi connectivity index (χ1v) is 23.1. The van der Waals surface area contributed by atoms with Crippen LogP contribution in [0.15, 0.2) is 0 Å². The van der Waals surface area contributed by atoms with Crippen LogP contribution in [0.4, 0.5) is 0 Å². The predicted octanol–water partition coefficient (Wildman–Crippen LogP) is -4.27. The van der Waals surface area contributed by atoms with E-state index in [-0.39, 0.29) is 45.2 Å². The lowest BCUT2D eigenvalue weighted by Crippen LogP contribution is -2.61. The lowest BCUT2D eigenvalue weighted by molar-refractivity contribution is -0.142. The number of carbonyl (C=O) groups is 11. The fourth-order valence-electron chi connectivity index (χ4n) is 6.16. The van der Waals surface area contributed by atoms with Crippen LogP contribution in [-0.2, 0) is 52.7 Å². The highest BCUT2D eigenvalue weighted by molar-refractivity contribution is 7.98. The smallest absolute Gasteiger partial charge is 0.326 e. The first kappa shape index (κ1) is 60.4. The molecule has 0 aromatic rings. The molecule has 0 aliphatic carbocycles. The number of unbranched alkanes of at least 4 members (excludes halogenated alkanes) is 2. The summed E-state index contributed by atoms with van der Waals surface area (Å²) in [6.45, 7) is 6.69. The zero-order chi connectivity index (χ0) is 50.7. The summed E-state index contributed by atoms with van der Waals surface area (Å²) in [5.74, 6) is -12.1. The SMILES string of the molecule is CSCCC(N)C(=O)NC(C(=O)NC(CC(N)=O)C(=O)NC(CCCCN)C(=O)NC(CC(=O)O)C(=O)NC(C(=O)NC(CCCCN)C(=O)NC(CCC(N)=O)C(=O)O)C(C)C)C(C)C. The number of rotatable bonds is 35. The van der Waals surface area contributed by atoms with E-state index < -0.39 is 138 Å². The van der Waals surface area contributed by atoms with Gasteiger partial charge in [0.15, 0.2) is 0 Å². The van der Waals surface area contributed by atoms with Crippen LogP contribution >= 0.6 is 11.8 Å². The summed E-state index contributed by atoms with van der Waals surface area (Å²) in [7, 11) is 0. The van der Waals surface area contributed by atoms with E-state index in [1.165, 1.54) is 25.6 Å². The fraction of sp³-hybridized carbons (Fsp3) is 0.725. The normalized spacial score (nSPS) is 14.8. The van der Waals surface area contributed by atoms with Crippen molar-refractivity contribution in [1.82, 2.24) is 37.2 Å². The molecular weight excluding hydrogens is 889 g/mol. The van der Waals surface area contributed by atoms with Gasteiger partial charge in [-0.15, -0.1) is 0 Å². The molecule has 19 N–H and O–H groups in total. The van der Waals surface area contributed by atoms with Crippen molar-refractivity contribution in [1.29, 1.82) is 0 Å². The molecule has 26 heteroatoms. The molecule has 0 bridgehead atoms. The minimum Gasteiger partial charge on any atom is -0.481 e. The van der Waals surface area contributed by atoms with E-state index in [0.29, 0.717) is 31.4 Å². The van der Waals surface area contributed by atoms with Gasteiger partial charge in [-0.3, -0.25) is 47.9 Å². The number of carboxylic acid groups (broad SMARTS) is 2. The van der Waals surface area contributed by atoms with Crippen molar-refractivity contribution in [2.45, 2.75) is 147 Å². The number of primary amides is 2. The third-order valence-corrected chi connectivity index (χ3v) is 10.6. The third-order valence-electron chi connectivity index (χ3n) is 9.97. The van der Waals surface area contributed by atoms with Crippen LogP contribution in [-0.4, -0.2) is 149 Å². The average Bonchev–Trinajstić information content (AvgIpc) is 3.22. The summed E-state index contributed by atoms with van der Waals surface area (Å²) >= 11 is 1.47. The van der Waals surface area contributed by atoms with Crippen LogP contribution in [0.3, 0.4) is 0 Å². The van der Waals surface area contributed by atoms with Crippen LogP contribution in [0.1, 0.15) is 98.3 Å². The molecule has 0 rings (SSSR count). The molecule has 0 aliphatic heterocycles. The molecule has 0 saturated carbocycles. The van der Waals surface area contributed by atoms with Crippen molar-refractivity contribution in [3.8, 4) is 0 Å². The number of nitrogens with two attached hydrogens (primary N) is 5. The lowest BCUT2D eigenvalue weighted by atomic mass is 10.0. The van der Waals surface area contributed by atoms with Gasteiger partial charge in [-0.05, 0) is 88.3 Å². The molecule has 0 fully saturated rings. The number of amides is 9. The van der Waals surface area contributed by atoms with Gasteiger partial charge in [-0.2, -0.15) is 11.8 Å². The molecule has 8 atom stereocenters. The minimum atomic E-state index is -1.86. The molecular formula is C40H72N12O13S. The molecule has 0 spiro atoms. The zero-order valence-corrected chi connectivity index (χ0v) is 39.2. The van der Waals surface area contributed by atoms with E-state index in [2.05, 4.69) is 37.2 Å². The topological polar surface area (TPSA) is 443 Å².